The number of anilines is 1. The number of carbonyl (C=O) groups is 1. The van der Waals surface area contributed by atoms with Crippen LogP contribution in [0.3, 0.4) is 0 Å². The summed E-state index contributed by atoms with van der Waals surface area (Å²) in [7, 11) is 0. The summed E-state index contributed by atoms with van der Waals surface area (Å²) in [6, 6.07) is 8.45. The van der Waals surface area contributed by atoms with Gasteiger partial charge in [-0.15, -0.1) is 0 Å². The average molecular weight is 469 g/mol. The Labute approximate surface area is 195 Å². The van der Waals surface area contributed by atoms with Gasteiger partial charge in [0.2, 0.25) is 0 Å². The van der Waals surface area contributed by atoms with E-state index in [4.69, 9.17) is 25.2 Å². The standard InChI is InChI=1S/C23H21N3O.C2HF3O2/c1-16-10-20(21(14-24)15-25)13-22(27-16)7-6-17-11-18-4-2-8-26-9-3-5-19(12-17)23(18)26;3-2(4,5)1(6)7/h6-7,10-13H,2-5,8-9H2,1H3;(H,6,7). The van der Waals surface area contributed by atoms with E-state index in [-0.39, 0.29) is 5.57 Å². The minimum atomic E-state index is -5.08. The monoisotopic (exact) mass is 469 g/mol. The second kappa shape index (κ2) is 10.3. The van der Waals surface area contributed by atoms with E-state index in [0.29, 0.717) is 17.1 Å². The molecular formula is C25H22F3N3O3. The molecule has 0 spiro atoms. The van der Waals surface area contributed by atoms with Gasteiger partial charge >= 0.3 is 12.1 Å². The molecule has 34 heavy (non-hydrogen) atoms. The van der Waals surface area contributed by atoms with Gasteiger partial charge in [0.05, 0.1) is 0 Å². The highest BCUT2D eigenvalue weighted by atomic mass is 19.4. The lowest BCUT2D eigenvalue weighted by Crippen LogP contribution is -2.34. The van der Waals surface area contributed by atoms with Gasteiger partial charge in [-0.2, -0.15) is 23.7 Å². The first-order valence-corrected chi connectivity index (χ1v) is 10.6. The van der Waals surface area contributed by atoms with Gasteiger partial charge in [-0.25, -0.2) is 4.79 Å². The number of allylic oxidation sites excluding steroid dienone is 6. The molecule has 0 unspecified atom stereocenters. The third-order valence-electron chi connectivity index (χ3n) is 5.48. The lowest BCUT2D eigenvalue weighted by molar-refractivity contribution is -0.192. The van der Waals surface area contributed by atoms with Gasteiger partial charge < -0.3 is 14.7 Å². The van der Waals surface area contributed by atoms with E-state index in [1.165, 1.54) is 48.3 Å². The van der Waals surface area contributed by atoms with Crippen LogP contribution < -0.4 is 4.90 Å². The molecule has 0 amide bonds. The summed E-state index contributed by atoms with van der Waals surface area (Å²) >= 11 is 0. The molecule has 0 radical (unpaired) electrons. The predicted octanol–water partition coefficient (Wildman–Crippen LogP) is 5.19. The minimum absolute atomic E-state index is 0.0989. The third kappa shape index (κ3) is 5.87. The maximum absolute atomic E-state index is 10.6. The zero-order valence-electron chi connectivity index (χ0n) is 18.4. The van der Waals surface area contributed by atoms with Crippen molar-refractivity contribution in [3.05, 3.63) is 69.7 Å². The van der Waals surface area contributed by atoms with Crippen molar-refractivity contribution in [3.8, 4) is 12.1 Å². The number of rotatable bonds is 2. The molecule has 0 aromatic heterocycles. The molecule has 6 nitrogen and oxygen atoms in total. The van der Waals surface area contributed by atoms with Crippen LogP contribution >= 0.6 is 0 Å². The Bertz CT molecular complexity index is 1150. The number of nitriles is 2. The Morgan fingerprint density at radius 2 is 1.65 bits per heavy atom. The minimum Gasteiger partial charge on any atom is -0.475 e. The largest absolute Gasteiger partial charge is 0.490 e. The third-order valence-corrected chi connectivity index (χ3v) is 5.48. The Balaban J connectivity index is 0.000000406. The number of aryl methyl sites for hydroxylation is 2. The highest BCUT2D eigenvalue weighted by Crippen LogP contribution is 2.36. The first-order chi connectivity index (χ1) is 16.1. The summed E-state index contributed by atoms with van der Waals surface area (Å²) < 4.78 is 37.5. The van der Waals surface area contributed by atoms with Crippen molar-refractivity contribution in [2.45, 2.75) is 38.8 Å². The van der Waals surface area contributed by atoms with Crippen LogP contribution in [0.2, 0.25) is 0 Å². The molecule has 176 valence electrons. The number of hydrogen-bond acceptors (Lipinski definition) is 5. The van der Waals surface area contributed by atoms with E-state index >= 15 is 0 Å². The molecule has 3 heterocycles. The van der Waals surface area contributed by atoms with Crippen LogP contribution in [0.25, 0.3) is 6.08 Å². The Morgan fingerprint density at radius 1 is 1.09 bits per heavy atom. The van der Waals surface area contributed by atoms with E-state index in [2.05, 4.69) is 23.1 Å². The van der Waals surface area contributed by atoms with Gasteiger partial charge in [0.25, 0.3) is 0 Å². The summed E-state index contributed by atoms with van der Waals surface area (Å²) in [6.07, 6.45) is 7.08. The Hall–Kier alpha value is -3.98. The zero-order chi connectivity index (χ0) is 24.9. The van der Waals surface area contributed by atoms with E-state index in [9.17, 15) is 13.2 Å². The molecule has 0 bridgehead atoms. The second-order valence-electron chi connectivity index (χ2n) is 7.98. The van der Waals surface area contributed by atoms with Crippen LogP contribution in [-0.4, -0.2) is 30.3 Å². The molecule has 0 aliphatic carbocycles. The number of carboxylic acids is 1. The molecule has 1 aromatic rings. The van der Waals surface area contributed by atoms with E-state index < -0.39 is 12.1 Å². The lowest BCUT2D eigenvalue weighted by atomic mass is 9.90. The topological polar surface area (TPSA) is 97.4 Å². The van der Waals surface area contributed by atoms with Gasteiger partial charge in [-0.3, -0.25) is 0 Å². The second-order valence-corrected chi connectivity index (χ2v) is 7.98. The number of hydrogen-bond donors (Lipinski definition) is 1. The highest BCUT2D eigenvalue weighted by molar-refractivity contribution is 5.73. The SMILES string of the molecule is CC1=CC(=C(C#N)C#N)C=C(C=Cc2cc3c4c(c2)CCCN4CCC3)O1.O=C(O)C(F)(F)F. The zero-order valence-corrected chi connectivity index (χ0v) is 18.4. The molecule has 4 rings (SSSR count). The molecule has 0 fully saturated rings. The van der Waals surface area contributed by atoms with Crippen LogP contribution in [0.5, 0.6) is 0 Å². The van der Waals surface area contributed by atoms with Crippen molar-refractivity contribution in [3.63, 3.8) is 0 Å². The maximum atomic E-state index is 10.6. The number of aliphatic carboxylic acids is 1. The Kier molecular flexibility index (Phi) is 7.47. The van der Waals surface area contributed by atoms with Crippen LogP contribution in [0.15, 0.2) is 53.0 Å². The number of carboxylic acid groups (broad SMARTS) is 1. The van der Waals surface area contributed by atoms with Crippen molar-refractivity contribution in [1.82, 2.24) is 0 Å². The van der Waals surface area contributed by atoms with Crippen molar-refractivity contribution < 1.29 is 27.8 Å². The van der Waals surface area contributed by atoms with E-state index in [1.807, 2.05) is 25.1 Å². The Morgan fingerprint density at radius 3 is 2.15 bits per heavy atom. The molecule has 1 aromatic carbocycles. The van der Waals surface area contributed by atoms with Gasteiger partial charge in [0.15, 0.2) is 0 Å². The molecular weight excluding hydrogens is 447 g/mol. The van der Waals surface area contributed by atoms with Gasteiger partial charge in [0.1, 0.15) is 29.2 Å². The first kappa shape index (κ1) is 24.7. The molecule has 9 heteroatoms. The lowest BCUT2D eigenvalue weighted by Gasteiger charge is -2.37. The van der Waals surface area contributed by atoms with Gasteiger partial charge in [-0.1, -0.05) is 6.08 Å². The molecule has 0 saturated carbocycles. The van der Waals surface area contributed by atoms with Crippen LogP contribution in [0.1, 0.15) is 36.5 Å². The number of alkyl halides is 3. The quantitative estimate of drug-likeness (QED) is 0.599. The first-order valence-electron chi connectivity index (χ1n) is 10.6. The van der Waals surface area contributed by atoms with E-state index in [0.717, 1.165) is 12.8 Å². The summed E-state index contributed by atoms with van der Waals surface area (Å²) in [5, 5.41) is 25.3. The maximum Gasteiger partial charge on any atom is 0.490 e. The number of ether oxygens (including phenoxy) is 1. The molecule has 0 saturated heterocycles. The van der Waals surface area contributed by atoms with Crippen LogP contribution in [0.4, 0.5) is 18.9 Å². The fourth-order valence-electron chi connectivity index (χ4n) is 4.14. The number of nitrogens with zero attached hydrogens (tertiary/aromatic N) is 3. The summed E-state index contributed by atoms with van der Waals surface area (Å²) in [5.74, 6) is -1.44. The van der Waals surface area contributed by atoms with Gasteiger partial charge in [0, 0.05) is 24.4 Å². The fourth-order valence-corrected chi connectivity index (χ4v) is 4.14. The number of halogens is 3. The van der Waals surface area contributed by atoms with Crippen LogP contribution in [-0.2, 0) is 22.4 Å². The van der Waals surface area contributed by atoms with Crippen molar-refractivity contribution in [1.29, 1.82) is 10.5 Å². The average Bonchev–Trinajstić information content (AvgIpc) is 2.78. The summed E-state index contributed by atoms with van der Waals surface area (Å²) in [6.45, 7) is 4.18. The predicted molar refractivity (Wildman–Crippen MR) is 119 cm³/mol. The normalized spacial score (nSPS) is 16.6. The molecule has 1 N–H and O–H groups in total. The fraction of sp³-hybridized carbons (Fsp3) is 0.320. The molecule has 0 atom stereocenters. The summed E-state index contributed by atoms with van der Waals surface area (Å²) in [5.41, 5.74) is 6.24. The van der Waals surface area contributed by atoms with E-state index in [1.54, 1.807) is 12.2 Å². The van der Waals surface area contributed by atoms with Gasteiger partial charge in [-0.05, 0) is 79.7 Å². The molecule has 3 aliphatic rings. The van der Waals surface area contributed by atoms with Crippen molar-refractivity contribution in [2.75, 3.05) is 18.0 Å². The molecule has 3 aliphatic heterocycles. The van der Waals surface area contributed by atoms with Crippen molar-refractivity contribution >= 4 is 17.7 Å². The highest BCUT2D eigenvalue weighted by Gasteiger charge is 2.38. The summed E-state index contributed by atoms with van der Waals surface area (Å²) in [4.78, 5) is 11.4. The van der Waals surface area contributed by atoms with Crippen LogP contribution in [0, 0.1) is 22.7 Å². The van der Waals surface area contributed by atoms with Crippen molar-refractivity contribution in [2.24, 2.45) is 0 Å². The smallest absolute Gasteiger partial charge is 0.475 e. The number of benzene rings is 1.